The van der Waals surface area contributed by atoms with Gasteiger partial charge in [0.2, 0.25) is 0 Å². The Morgan fingerprint density at radius 2 is 1.87 bits per heavy atom. The van der Waals surface area contributed by atoms with Crippen LogP contribution in [0.5, 0.6) is 0 Å². The largest absolute Gasteiger partial charge is 0.474 e. The number of amides is 1. The van der Waals surface area contributed by atoms with Gasteiger partial charge in [0.25, 0.3) is 0 Å². The SMILES string of the molecule is O=C(O)C(=O)N1CCCN2CCCC2C1. The molecular weight excluding hydrogens is 196 g/mol. The maximum absolute atomic E-state index is 11.3. The number of aliphatic carboxylic acids is 1. The summed E-state index contributed by atoms with van der Waals surface area (Å²) >= 11 is 0. The van der Waals surface area contributed by atoms with Crippen LogP contribution in [0.1, 0.15) is 19.3 Å². The fourth-order valence-electron chi connectivity index (χ4n) is 2.53. The predicted molar refractivity (Wildman–Crippen MR) is 53.4 cm³/mol. The van der Waals surface area contributed by atoms with E-state index >= 15 is 0 Å². The van der Waals surface area contributed by atoms with E-state index in [0.29, 0.717) is 19.1 Å². The maximum atomic E-state index is 11.3. The zero-order valence-electron chi connectivity index (χ0n) is 8.69. The first-order valence-corrected chi connectivity index (χ1v) is 5.45. The van der Waals surface area contributed by atoms with Crippen molar-refractivity contribution < 1.29 is 14.7 Å². The van der Waals surface area contributed by atoms with E-state index in [4.69, 9.17) is 5.11 Å². The second kappa shape index (κ2) is 4.18. The number of hydrogen-bond acceptors (Lipinski definition) is 3. The predicted octanol–water partition coefficient (Wildman–Crippen LogP) is -0.232. The number of carbonyl (C=O) groups excluding carboxylic acids is 1. The number of rotatable bonds is 0. The number of carbonyl (C=O) groups is 2. The van der Waals surface area contributed by atoms with Crippen molar-refractivity contribution in [3.05, 3.63) is 0 Å². The molecular formula is C10H16N2O3. The van der Waals surface area contributed by atoms with Crippen LogP contribution in [-0.2, 0) is 9.59 Å². The van der Waals surface area contributed by atoms with E-state index in [0.717, 1.165) is 25.9 Å². The summed E-state index contributed by atoms with van der Waals surface area (Å²) in [6.45, 7) is 3.26. The number of fused-ring (bicyclic) bond motifs is 1. The van der Waals surface area contributed by atoms with Gasteiger partial charge in [-0.2, -0.15) is 0 Å². The second-order valence-electron chi connectivity index (χ2n) is 4.24. The third-order valence-electron chi connectivity index (χ3n) is 3.27. The number of carboxylic acids is 1. The van der Waals surface area contributed by atoms with E-state index in [2.05, 4.69) is 4.90 Å². The molecule has 1 N–H and O–H groups in total. The van der Waals surface area contributed by atoms with Crippen LogP contribution in [0.3, 0.4) is 0 Å². The molecule has 0 aliphatic carbocycles. The highest BCUT2D eigenvalue weighted by molar-refractivity contribution is 6.31. The van der Waals surface area contributed by atoms with Crippen molar-refractivity contribution in [2.24, 2.45) is 0 Å². The van der Waals surface area contributed by atoms with E-state index in [9.17, 15) is 9.59 Å². The van der Waals surface area contributed by atoms with Gasteiger partial charge < -0.3 is 10.0 Å². The Morgan fingerprint density at radius 1 is 1.13 bits per heavy atom. The molecule has 2 fully saturated rings. The Hall–Kier alpha value is -1.10. The normalized spacial score (nSPS) is 27.2. The topological polar surface area (TPSA) is 60.9 Å². The van der Waals surface area contributed by atoms with Gasteiger partial charge >= 0.3 is 11.9 Å². The molecule has 5 nitrogen and oxygen atoms in total. The maximum Gasteiger partial charge on any atom is 0.394 e. The molecule has 0 saturated carbocycles. The average Bonchev–Trinajstić information content (AvgIpc) is 2.54. The average molecular weight is 212 g/mol. The van der Waals surface area contributed by atoms with Crippen LogP contribution in [-0.4, -0.2) is 59.0 Å². The van der Waals surface area contributed by atoms with Crippen LogP contribution < -0.4 is 0 Å². The first-order valence-electron chi connectivity index (χ1n) is 5.45. The molecule has 1 unspecified atom stereocenters. The highest BCUT2D eigenvalue weighted by atomic mass is 16.4. The molecule has 2 aliphatic rings. The molecule has 2 aliphatic heterocycles. The summed E-state index contributed by atoms with van der Waals surface area (Å²) in [5.74, 6) is -2.08. The van der Waals surface area contributed by atoms with E-state index in [1.165, 1.54) is 11.3 Å². The van der Waals surface area contributed by atoms with Crippen molar-refractivity contribution in [2.45, 2.75) is 25.3 Å². The summed E-state index contributed by atoms with van der Waals surface area (Å²) in [6.07, 6.45) is 3.14. The van der Waals surface area contributed by atoms with Crippen LogP contribution in [0, 0.1) is 0 Å². The lowest BCUT2D eigenvalue weighted by molar-refractivity contribution is -0.156. The minimum absolute atomic E-state index is 0.385. The third-order valence-corrected chi connectivity index (χ3v) is 3.27. The van der Waals surface area contributed by atoms with Gasteiger partial charge in [0.05, 0.1) is 0 Å². The Kier molecular flexibility index (Phi) is 2.90. The highest BCUT2D eigenvalue weighted by Crippen LogP contribution is 2.21. The highest BCUT2D eigenvalue weighted by Gasteiger charge is 2.32. The summed E-state index contributed by atoms with van der Waals surface area (Å²) in [5.41, 5.74) is 0. The van der Waals surface area contributed by atoms with Gasteiger partial charge in [-0.1, -0.05) is 0 Å². The summed E-state index contributed by atoms with van der Waals surface area (Å²) in [5, 5.41) is 8.66. The first-order chi connectivity index (χ1) is 7.18. The van der Waals surface area contributed by atoms with Gasteiger partial charge in [-0.3, -0.25) is 9.69 Å². The molecule has 15 heavy (non-hydrogen) atoms. The van der Waals surface area contributed by atoms with E-state index < -0.39 is 11.9 Å². The Balaban J connectivity index is 2.02. The monoisotopic (exact) mass is 212 g/mol. The minimum Gasteiger partial charge on any atom is -0.474 e. The van der Waals surface area contributed by atoms with E-state index in [1.807, 2.05) is 0 Å². The molecule has 0 aromatic rings. The zero-order valence-corrected chi connectivity index (χ0v) is 8.69. The van der Waals surface area contributed by atoms with E-state index in [-0.39, 0.29) is 0 Å². The third kappa shape index (κ3) is 2.12. The molecule has 84 valence electrons. The van der Waals surface area contributed by atoms with Crippen LogP contribution in [0.4, 0.5) is 0 Å². The van der Waals surface area contributed by atoms with Crippen molar-refractivity contribution in [3.63, 3.8) is 0 Å². The lowest BCUT2D eigenvalue weighted by Gasteiger charge is -2.24. The zero-order chi connectivity index (χ0) is 10.8. The fourth-order valence-corrected chi connectivity index (χ4v) is 2.53. The molecule has 2 rings (SSSR count). The summed E-state index contributed by atoms with van der Waals surface area (Å²) in [6, 6.07) is 0.385. The van der Waals surface area contributed by atoms with Crippen LogP contribution >= 0.6 is 0 Å². The molecule has 5 heteroatoms. The van der Waals surface area contributed by atoms with Gasteiger partial charge in [0.15, 0.2) is 0 Å². The summed E-state index contributed by atoms with van der Waals surface area (Å²) in [4.78, 5) is 25.8. The lowest BCUT2D eigenvalue weighted by atomic mass is 10.2. The van der Waals surface area contributed by atoms with Crippen molar-refractivity contribution in [1.82, 2.24) is 9.80 Å². The summed E-state index contributed by atoms with van der Waals surface area (Å²) < 4.78 is 0. The molecule has 1 amide bonds. The van der Waals surface area contributed by atoms with Crippen molar-refractivity contribution in [1.29, 1.82) is 0 Å². The Labute approximate surface area is 88.6 Å². The van der Waals surface area contributed by atoms with Crippen LogP contribution in [0.15, 0.2) is 0 Å². The van der Waals surface area contributed by atoms with Gasteiger partial charge in [-0.25, -0.2) is 4.79 Å². The molecule has 0 bridgehead atoms. The van der Waals surface area contributed by atoms with Gasteiger partial charge in [-0.15, -0.1) is 0 Å². The van der Waals surface area contributed by atoms with Crippen molar-refractivity contribution >= 4 is 11.9 Å². The van der Waals surface area contributed by atoms with Crippen LogP contribution in [0.25, 0.3) is 0 Å². The summed E-state index contributed by atoms with van der Waals surface area (Å²) in [7, 11) is 0. The van der Waals surface area contributed by atoms with Crippen LogP contribution in [0.2, 0.25) is 0 Å². The quantitative estimate of drug-likeness (QED) is 0.563. The standard InChI is InChI=1S/C10H16N2O3/c13-9(10(14)15)12-6-2-5-11-4-1-3-8(11)7-12/h8H,1-7H2,(H,14,15). The smallest absolute Gasteiger partial charge is 0.394 e. The van der Waals surface area contributed by atoms with Gasteiger partial charge in [0, 0.05) is 25.7 Å². The van der Waals surface area contributed by atoms with Crippen molar-refractivity contribution in [2.75, 3.05) is 26.2 Å². The first kappa shape index (κ1) is 10.4. The molecule has 1 atom stereocenters. The van der Waals surface area contributed by atoms with Gasteiger partial charge in [0.1, 0.15) is 0 Å². The number of hydrogen-bond donors (Lipinski definition) is 1. The van der Waals surface area contributed by atoms with E-state index in [1.54, 1.807) is 0 Å². The minimum atomic E-state index is -1.33. The number of nitrogens with zero attached hydrogens (tertiary/aromatic N) is 2. The molecule has 0 radical (unpaired) electrons. The Bertz CT molecular complexity index is 280. The number of carboxylic acid groups (broad SMARTS) is 1. The molecule has 0 aromatic heterocycles. The molecule has 2 saturated heterocycles. The van der Waals surface area contributed by atoms with Gasteiger partial charge in [-0.05, 0) is 25.8 Å². The molecule has 0 aromatic carbocycles. The van der Waals surface area contributed by atoms with Crippen molar-refractivity contribution in [3.8, 4) is 0 Å². The fraction of sp³-hybridized carbons (Fsp3) is 0.800. The molecule has 2 heterocycles. The molecule has 0 spiro atoms. The second-order valence-corrected chi connectivity index (χ2v) is 4.24. The lowest BCUT2D eigenvalue weighted by Crippen LogP contribution is -2.42. The Morgan fingerprint density at radius 3 is 2.60 bits per heavy atom.